The number of aryl methyl sites for hydroxylation is 1. The molecule has 0 radical (unpaired) electrons. The van der Waals surface area contributed by atoms with Crippen molar-refractivity contribution in [1.29, 1.82) is 0 Å². The fourth-order valence-corrected chi connectivity index (χ4v) is 5.64. The molecule has 0 aliphatic carbocycles. The van der Waals surface area contributed by atoms with Gasteiger partial charge in [-0.05, 0) is 37.3 Å². The predicted molar refractivity (Wildman–Crippen MR) is 76.8 cm³/mol. The lowest BCUT2D eigenvalue weighted by atomic mass is 9.97. The Morgan fingerprint density at radius 3 is 2.84 bits per heavy atom. The molecule has 1 aliphatic heterocycles. The van der Waals surface area contributed by atoms with E-state index in [2.05, 4.69) is 6.92 Å². The second-order valence-corrected chi connectivity index (χ2v) is 8.41. The van der Waals surface area contributed by atoms with Gasteiger partial charge in [-0.25, -0.2) is 8.42 Å². The van der Waals surface area contributed by atoms with Crippen LogP contribution in [0.4, 0.5) is 0 Å². The molecular weight excluding hydrogens is 282 g/mol. The monoisotopic (exact) mass is 303 g/mol. The predicted octanol–water partition coefficient (Wildman–Crippen LogP) is 2.36. The maximum atomic E-state index is 12.6. The van der Waals surface area contributed by atoms with Gasteiger partial charge in [0, 0.05) is 18.0 Å². The number of hydrogen-bond acceptors (Lipinski definition) is 4. The van der Waals surface area contributed by atoms with Gasteiger partial charge in [-0.2, -0.15) is 4.31 Å². The quantitative estimate of drug-likeness (QED) is 0.929. The molecule has 108 valence electrons. The van der Waals surface area contributed by atoms with Crippen LogP contribution in [0.2, 0.25) is 0 Å². The minimum atomic E-state index is -3.38. The molecule has 1 N–H and O–H groups in total. The molecule has 1 saturated heterocycles. The van der Waals surface area contributed by atoms with Crippen LogP contribution in [0.3, 0.4) is 0 Å². The largest absolute Gasteiger partial charge is 0.391 e. The number of piperidine rings is 1. The van der Waals surface area contributed by atoms with Crippen LogP contribution in [0.5, 0.6) is 0 Å². The summed E-state index contributed by atoms with van der Waals surface area (Å²) in [6, 6.07) is 1.68. The molecule has 0 saturated carbocycles. The van der Waals surface area contributed by atoms with Gasteiger partial charge in [0.15, 0.2) is 0 Å². The summed E-state index contributed by atoms with van der Waals surface area (Å²) in [6.07, 6.45) is 3.08. The summed E-state index contributed by atoms with van der Waals surface area (Å²) in [6.45, 7) is 5.10. The molecule has 0 amide bonds. The number of nitrogens with zero attached hydrogens (tertiary/aromatic N) is 1. The number of aliphatic hydroxyl groups excluding tert-OH is 1. The van der Waals surface area contributed by atoms with E-state index in [1.165, 1.54) is 11.3 Å². The summed E-state index contributed by atoms with van der Waals surface area (Å²) in [5.41, 5.74) is 0.857. The van der Waals surface area contributed by atoms with E-state index >= 15 is 0 Å². The normalized spacial score (nSPS) is 21.7. The van der Waals surface area contributed by atoms with Crippen LogP contribution in [-0.2, 0) is 16.6 Å². The van der Waals surface area contributed by atoms with Gasteiger partial charge in [-0.1, -0.05) is 13.3 Å². The van der Waals surface area contributed by atoms with Gasteiger partial charge < -0.3 is 5.11 Å². The molecule has 1 aromatic rings. The van der Waals surface area contributed by atoms with E-state index in [1.54, 1.807) is 10.4 Å². The molecule has 2 rings (SSSR count). The third-order valence-electron chi connectivity index (χ3n) is 3.79. The van der Waals surface area contributed by atoms with Crippen molar-refractivity contribution in [3.05, 3.63) is 16.5 Å². The number of aliphatic hydroxyl groups is 1. The molecule has 2 heterocycles. The average Bonchev–Trinajstić information content (AvgIpc) is 2.80. The second kappa shape index (κ2) is 5.91. The van der Waals surface area contributed by atoms with Crippen molar-refractivity contribution in [3.8, 4) is 0 Å². The molecule has 4 nitrogen and oxygen atoms in total. The van der Waals surface area contributed by atoms with Gasteiger partial charge in [0.1, 0.15) is 4.21 Å². The Labute approximate surface area is 119 Å². The van der Waals surface area contributed by atoms with Crippen LogP contribution >= 0.6 is 11.3 Å². The summed E-state index contributed by atoms with van der Waals surface area (Å²) in [7, 11) is -3.38. The first-order chi connectivity index (χ1) is 8.98. The Hall–Kier alpha value is -0.430. The van der Waals surface area contributed by atoms with E-state index in [9.17, 15) is 13.5 Å². The Bertz CT molecular complexity index is 536. The number of thiophene rings is 1. The third kappa shape index (κ3) is 3.02. The van der Waals surface area contributed by atoms with Crippen molar-refractivity contribution < 1.29 is 13.5 Å². The highest BCUT2D eigenvalue weighted by molar-refractivity contribution is 7.91. The lowest BCUT2D eigenvalue weighted by molar-refractivity contribution is 0.262. The zero-order valence-electron chi connectivity index (χ0n) is 11.4. The standard InChI is InChI=1S/C13H21NO3S2/c1-3-11-5-4-6-14(8-11)19(16,17)13-7-10(2)12(9-15)18-13/h7,11,15H,3-6,8-9H2,1-2H3. The molecule has 0 aromatic carbocycles. The van der Waals surface area contributed by atoms with Crippen molar-refractivity contribution in [2.24, 2.45) is 5.92 Å². The van der Waals surface area contributed by atoms with Crippen LogP contribution in [0.25, 0.3) is 0 Å². The Balaban J connectivity index is 2.25. The van der Waals surface area contributed by atoms with Crippen LogP contribution < -0.4 is 0 Å². The fraction of sp³-hybridized carbons (Fsp3) is 0.692. The maximum absolute atomic E-state index is 12.6. The summed E-state index contributed by atoms with van der Waals surface area (Å²) >= 11 is 1.19. The fourth-order valence-electron chi connectivity index (χ4n) is 2.48. The van der Waals surface area contributed by atoms with Crippen LogP contribution in [0.1, 0.15) is 36.6 Å². The Kier molecular flexibility index (Phi) is 4.66. The molecule has 0 spiro atoms. The smallest absolute Gasteiger partial charge is 0.252 e. The summed E-state index contributed by atoms with van der Waals surface area (Å²) in [5.74, 6) is 0.474. The number of hydrogen-bond donors (Lipinski definition) is 1. The van der Waals surface area contributed by atoms with E-state index in [0.717, 1.165) is 29.7 Å². The Morgan fingerprint density at radius 2 is 2.26 bits per heavy atom. The highest BCUT2D eigenvalue weighted by Gasteiger charge is 2.31. The third-order valence-corrected chi connectivity index (χ3v) is 7.33. The van der Waals surface area contributed by atoms with E-state index < -0.39 is 10.0 Å². The molecule has 1 aromatic heterocycles. The molecule has 1 unspecified atom stereocenters. The molecule has 1 aliphatic rings. The zero-order chi connectivity index (χ0) is 14.0. The summed E-state index contributed by atoms with van der Waals surface area (Å²) in [4.78, 5) is 0.739. The molecule has 6 heteroatoms. The van der Waals surface area contributed by atoms with Crippen molar-refractivity contribution in [1.82, 2.24) is 4.31 Å². The zero-order valence-corrected chi connectivity index (χ0v) is 13.1. The van der Waals surface area contributed by atoms with E-state index in [1.807, 2.05) is 6.92 Å². The van der Waals surface area contributed by atoms with Gasteiger partial charge in [-0.3, -0.25) is 0 Å². The van der Waals surface area contributed by atoms with Crippen LogP contribution in [0, 0.1) is 12.8 Å². The van der Waals surface area contributed by atoms with Gasteiger partial charge >= 0.3 is 0 Å². The van der Waals surface area contributed by atoms with Gasteiger partial charge in [0.2, 0.25) is 0 Å². The summed E-state index contributed by atoms with van der Waals surface area (Å²) < 4.78 is 27.1. The first kappa shape index (κ1) is 15.0. The van der Waals surface area contributed by atoms with Gasteiger partial charge in [-0.15, -0.1) is 11.3 Å². The van der Waals surface area contributed by atoms with E-state index in [4.69, 9.17) is 0 Å². The number of sulfonamides is 1. The highest BCUT2D eigenvalue weighted by atomic mass is 32.2. The maximum Gasteiger partial charge on any atom is 0.252 e. The van der Waals surface area contributed by atoms with Crippen molar-refractivity contribution in [3.63, 3.8) is 0 Å². The molecular formula is C13H21NO3S2. The Morgan fingerprint density at radius 1 is 1.53 bits per heavy atom. The highest BCUT2D eigenvalue weighted by Crippen LogP contribution is 2.31. The first-order valence-corrected chi connectivity index (χ1v) is 8.95. The van der Waals surface area contributed by atoms with Crippen molar-refractivity contribution >= 4 is 21.4 Å². The van der Waals surface area contributed by atoms with E-state index in [-0.39, 0.29) is 6.61 Å². The lowest BCUT2D eigenvalue weighted by Gasteiger charge is -2.30. The average molecular weight is 303 g/mol. The molecule has 0 bridgehead atoms. The van der Waals surface area contributed by atoms with Crippen molar-refractivity contribution in [2.45, 2.75) is 43.9 Å². The first-order valence-electron chi connectivity index (χ1n) is 6.69. The minimum Gasteiger partial charge on any atom is -0.391 e. The second-order valence-electron chi connectivity index (χ2n) is 5.11. The van der Waals surface area contributed by atoms with E-state index in [0.29, 0.717) is 23.2 Å². The van der Waals surface area contributed by atoms with Crippen LogP contribution in [-0.4, -0.2) is 30.9 Å². The SMILES string of the molecule is CCC1CCCN(S(=O)(=O)c2cc(C)c(CO)s2)C1. The van der Waals surface area contributed by atoms with Crippen LogP contribution in [0.15, 0.2) is 10.3 Å². The minimum absolute atomic E-state index is 0.0936. The molecule has 1 fully saturated rings. The topological polar surface area (TPSA) is 57.6 Å². The van der Waals surface area contributed by atoms with Gasteiger partial charge in [0.05, 0.1) is 6.61 Å². The molecule has 19 heavy (non-hydrogen) atoms. The number of rotatable bonds is 4. The lowest BCUT2D eigenvalue weighted by Crippen LogP contribution is -2.39. The molecule has 1 atom stereocenters. The van der Waals surface area contributed by atoms with Crippen molar-refractivity contribution in [2.75, 3.05) is 13.1 Å². The summed E-state index contributed by atoms with van der Waals surface area (Å²) in [5, 5.41) is 9.19. The van der Waals surface area contributed by atoms with Gasteiger partial charge in [0.25, 0.3) is 10.0 Å².